The van der Waals surface area contributed by atoms with Gasteiger partial charge in [-0.05, 0) is 55.5 Å². The van der Waals surface area contributed by atoms with Crippen molar-refractivity contribution >= 4 is 22.9 Å². The summed E-state index contributed by atoms with van der Waals surface area (Å²) in [6, 6.07) is 12.9. The second-order valence-electron chi connectivity index (χ2n) is 8.92. The summed E-state index contributed by atoms with van der Waals surface area (Å²) < 4.78 is 2.48. The van der Waals surface area contributed by atoms with Gasteiger partial charge in [0.1, 0.15) is 0 Å². The number of imidazole rings is 1. The molecule has 162 valence electrons. The molecule has 0 bridgehead atoms. The number of pyridine rings is 1. The largest absolute Gasteiger partial charge is 0.352 e. The molecule has 2 fully saturated rings. The molecular formula is C25H31N5O. The molecular weight excluding hydrogens is 386 g/mol. The van der Waals surface area contributed by atoms with Crippen molar-refractivity contribution in [1.82, 2.24) is 19.9 Å². The molecule has 2 aliphatic rings. The normalized spacial score (nSPS) is 20.1. The molecule has 1 aliphatic heterocycles. The van der Waals surface area contributed by atoms with Crippen LogP contribution in [0.5, 0.6) is 0 Å². The van der Waals surface area contributed by atoms with Crippen LogP contribution in [0.25, 0.3) is 11.0 Å². The first-order valence-corrected chi connectivity index (χ1v) is 11.7. The van der Waals surface area contributed by atoms with Crippen LogP contribution in [0, 0.1) is 5.92 Å². The van der Waals surface area contributed by atoms with Crippen LogP contribution in [-0.2, 0) is 11.3 Å². The van der Waals surface area contributed by atoms with Crippen molar-refractivity contribution in [2.75, 3.05) is 18.0 Å². The van der Waals surface area contributed by atoms with Crippen molar-refractivity contribution in [3.8, 4) is 0 Å². The number of benzene rings is 1. The third kappa shape index (κ3) is 4.29. The highest BCUT2D eigenvalue weighted by molar-refractivity contribution is 5.81. The Hall–Kier alpha value is -2.89. The van der Waals surface area contributed by atoms with Gasteiger partial charge in [0.2, 0.25) is 11.9 Å². The SMILES string of the molecule is O=C(NCc1ccncc1)C1CCCN(c2nc3ccccc3n2C2CCCCC2)C1. The molecule has 1 N–H and O–H groups in total. The van der Waals surface area contributed by atoms with Crippen LogP contribution in [0.3, 0.4) is 0 Å². The van der Waals surface area contributed by atoms with E-state index in [1.807, 2.05) is 12.1 Å². The van der Waals surface area contributed by atoms with E-state index in [9.17, 15) is 4.79 Å². The zero-order chi connectivity index (χ0) is 21.0. The summed E-state index contributed by atoms with van der Waals surface area (Å²) in [6.45, 7) is 2.25. The third-order valence-electron chi connectivity index (χ3n) is 6.81. The molecule has 1 saturated heterocycles. The number of aromatic nitrogens is 3. The number of rotatable bonds is 5. The van der Waals surface area contributed by atoms with Crippen LogP contribution in [0.15, 0.2) is 48.8 Å². The van der Waals surface area contributed by atoms with Gasteiger partial charge in [-0.1, -0.05) is 31.4 Å². The predicted octanol–water partition coefficient (Wildman–Crippen LogP) is 4.47. The Morgan fingerprint density at radius 1 is 1.00 bits per heavy atom. The van der Waals surface area contributed by atoms with E-state index < -0.39 is 0 Å². The number of nitrogens with zero attached hydrogens (tertiary/aromatic N) is 4. The van der Waals surface area contributed by atoms with E-state index in [1.165, 1.54) is 37.6 Å². The first-order chi connectivity index (χ1) is 15.3. The van der Waals surface area contributed by atoms with Gasteiger partial charge >= 0.3 is 0 Å². The second-order valence-corrected chi connectivity index (χ2v) is 8.92. The van der Waals surface area contributed by atoms with E-state index in [4.69, 9.17) is 4.98 Å². The highest BCUT2D eigenvalue weighted by Crippen LogP contribution is 2.36. The molecule has 3 aromatic rings. The van der Waals surface area contributed by atoms with Crippen LogP contribution < -0.4 is 10.2 Å². The topological polar surface area (TPSA) is 63.1 Å². The van der Waals surface area contributed by atoms with E-state index in [0.717, 1.165) is 43.0 Å². The highest BCUT2D eigenvalue weighted by Gasteiger charge is 2.30. The molecule has 5 rings (SSSR count). The maximum absolute atomic E-state index is 12.9. The van der Waals surface area contributed by atoms with Crippen LogP contribution in [0.2, 0.25) is 0 Å². The number of anilines is 1. The monoisotopic (exact) mass is 417 g/mol. The lowest BCUT2D eigenvalue weighted by atomic mass is 9.95. The van der Waals surface area contributed by atoms with E-state index in [-0.39, 0.29) is 11.8 Å². The second kappa shape index (κ2) is 9.08. The van der Waals surface area contributed by atoms with E-state index in [0.29, 0.717) is 12.6 Å². The lowest BCUT2D eigenvalue weighted by Gasteiger charge is -2.35. The minimum absolute atomic E-state index is 0.00444. The van der Waals surface area contributed by atoms with Crippen molar-refractivity contribution in [1.29, 1.82) is 0 Å². The number of hydrogen-bond acceptors (Lipinski definition) is 4. The quantitative estimate of drug-likeness (QED) is 0.665. The molecule has 1 saturated carbocycles. The molecule has 6 heteroatoms. The number of amides is 1. The van der Waals surface area contributed by atoms with Crippen molar-refractivity contribution in [3.63, 3.8) is 0 Å². The van der Waals surface area contributed by atoms with Gasteiger partial charge in [-0.3, -0.25) is 9.78 Å². The Bertz CT molecular complexity index is 1020. The third-order valence-corrected chi connectivity index (χ3v) is 6.81. The maximum atomic E-state index is 12.9. The molecule has 3 heterocycles. The van der Waals surface area contributed by atoms with E-state index >= 15 is 0 Å². The molecule has 31 heavy (non-hydrogen) atoms. The average Bonchev–Trinajstić information content (AvgIpc) is 3.23. The predicted molar refractivity (Wildman–Crippen MR) is 123 cm³/mol. The van der Waals surface area contributed by atoms with Gasteiger partial charge < -0.3 is 14.8 Å². The summed E-state index contributed by atoms with van der Waals surface area (Å²) in [6.07, 6.45) is 11.8. The zero-order valence-corrected chi connectivity index (χ0v) is 18.0. The fraction of sp³-hybridized carbons (Fsp3) is 0.480. The minimum atomic E-state index is -0.00444. The summed E-state index contributed by atoms with van der Waals surface area (Å²) in [5.41, 5.74) is 3.37. The Kier molecular flexibility index (Phi) is 5.87. The van der Waals surface area contributed by atoms with Gasteiger partial charge in [0.15, 0.2) is 0 Å². The van der Waals surface area contributed by atoms with Crippen LogP contribution in [0.1, 0.15) is 56.6 Å². The lowest BCUT2D eigenvalue weighted by Crippen LogP contribution is -2.44. The Balaban J connectivity index is 1.35. The van der Waals surface area contributed by atoms with Gasteiger partial charge in [0.05, 0.1) is 17.0 Å². The molecule has 1 aromatic carbocycles. The molecule has 1 aliphatic carbocycles. The minimum Gasteiger partial charge on any atom is -0.352 e. The Labute approximate surface area is 183 Å². The molecule has 6 nitrogen and oxygen atoms in total. The lowest BCUT2D eigenvalue weighted by molar-refractivity contribution is -0.125. The summed E-state index contributed by atoms with van der Waals surface area (Å²) in [5, 5.41) is 3.12. The summed E-state index contributed by atoms with van der Waals surface area (Å²) >= 11 is 0. The fourth-order valence-corrected chi connectivity index (χ4v) is 5.16. The molecule has 0 spiro atoms. The van der Waals surface area contributed by atoms with Crippen LogP contribution in [-0.4, -0.2) is 33.5 Å². The van der Waals surface area contributed by atoms with Gasteiger partial charge in [0, 0.05) is 38.1 Å². The van der Waals surface area contributed by atoms with Gasteiger partial charge in [-0.2, -0.15) is 0 Å². The summed E-state index contributed by atoms with van der Waals surface area (Å²) in [7, 11) is 0. The highest BCUT2D eigenvalue weighted by atomic mass is 16.1. The van der Waals surface area contributed by atoms with Crippen molar-refractivity contribution in [2.24, 2.45) is 5.92 Å². The number of nitrogens with one attached hydrogen (secondary N) is 1. The number of para-hydroxylation sites is 2. The van der Waals surface area contributed by atoms with Crippen LogP contribution >= 0.6 is 0 Å². The van der Waals surface area contributed by atoms with Crippen LogP contribution in [0.4, 0.5) is 5.95 Å². The number of carbonyl (C=O) groups is 1. The number of hydrogen-bond donors (Lipinski definition) is 1. The summed E-state index contributed by atoms with van der Waals surface area (Å²) in [5.74, 6) is 1.19. The van der Waals surface area contributed by atoms with Gasteiger partial charge in [-0.25, -0.2) is 4.98 Å². The molecule has 1 unspecified atom stereocenters. The standard InChI is InChI=1S/C25H31N5O/c31-24(27-17-19-12-14-26-15-13-19)20-7-6-16-29(18-20)25-28-22-10-4-5-11-23(22)30(25)21-8-2-1-3-9-21/h4-5,10-15,20-21H,1-3,6-9,16-18H2,(H,27,31). The molecule has 2 aromatic heterocycles. The van der Waals surface area contributed by atoms with Crippen molar-refractivity contribution in [3.05, 3.63) is 54.4 Å². The maximum Gasteiger partial charge on any atom is 0.225 e. The first-order valence-electron chi connectivity index (χ1n) is 11.7. The average molecular weight is 418 g/mol. The molecule has 0 radical (unpaired) electrons. The fourth-order valence-electron chi connectivity index (χ4n) is 5.16. The smallest absolute Gasteiger partial charge is 0.225 e. The first kappa shape index (κ1) is 20.0. The van der Waals surface area contributed by atoms with E-state index in [2.05, 4.69) is 44.0 Å². The molecule has 1 atom stereocenters. The summed E-state index contributed by atoms with van der Waals surface area (Å²) in [4.78, 5) is 24.4. The molecule has 1 amide bonds. The van der Waals surface area contributed by atoms with Crippen molar-refractivity contribution < 1.29 is 4.79 Å². The number of carbonyl (C=O) groups excluding carboxylic acids is 1. The number of piperidine rings is 1. The van der Waals surface area contributed by atoms with E-state index in [1.54, 1.807) is 12.4 Å². The Morgan fingerprint density at radius 2 is 1.81 bits per heavy atom. The van der Waals surface area contributed by atoms with Gasteiger partial charge in [0.25, 0.3) is 0 Å². The van der Waals surface area contributed by atoms with Crippen molar-refractivity contribution in [2.45, 2.75) is 57.5 Å². The van der Waals surface area contributed by atoms with Gasteiger partial charge in [-0.15, -0.1) is 0 Å². The zero-order valence-electron chi connectivity index (χ0n) is 18.0. The Morgan fingerprint density at radius 3 is 2.65 bits per heavy atom. The number of fused-ring (bicyclic) bond motifs is 1.